The molecule has 0 spiro atoms. The van der Waals surface area contributed by atoms with Crippen LogP contribution in [-0.2, 0) is 10.8 Å². The van der Waals surface area contributed by atoms with Crippen LogP contribution in [0.3, 0.4) is 0 Å². The fourth-order valence-corrected chi connectivity index (χ4v) is 13.8. The lowest BCUT2D eigenvalue weighted by Gasteiger charge is -2.24. The average molecular weight is 1050 g/mol. The summed E-state index contributed by atoms with van der Waals surface area (Å²) in [6.07, 6.45) is 7.57. The molecule has 4 nitrogen and oxygen atoms in total. The molecule has 0 bridgehead atoms. The predicted molar refractivity (Wildman–Crippen MR) is 341 cm³/mol. The molecule has 2 aliphatic carbocycles. The number of fused-ring (bicyclic) bond motifs is 10. The van der Waals surface area contributed by atoms with Crippen LogP contribution in [0.25, 0.3) is 144 Å². The Kier molecular flexibility index (Phi) is 10.6. The lowest BCUT2D eigenvalue weighted by molar-refractivity contribution is 0.660. The van der Waals surface area contributed by atoms with Gasteiger partial charge in [-0.05, 0) is 185 Å². The SMILES string of the molecule is CC1(C)c2cc(-c3cc(-c4cccc5cccnc45)cc(-c4cccc5cccnc45)c3)ccc2-c2ccc(-c3ccc4c(c3)C(C)(C)c3cc(-c5cc(-c6cccc7cccnc67)cc(-c6cccc7cccnc67)c5)ccc3-4)cc21. The molecule has 0 atom stereocenters. The highest BCUT2D eigenvalue weighted by Gasteiger charge is 2.38. The van der Waals surface area contributed by atoms with Gasteiger partial charge in [-0.25, -0.2) is 0 Å². The Morgan fingerprint density at radius 3 is 0.707 bits per heavy atom. The van der Waals surface area contributed by atoms with E-state index in [1.807, 2.05) is 49.1 Å². The maximum absolute atomic E-state index is 4.90. The molecule has 386 valence electrons. The van der Waals surface area contributed by atoms with E-state index >= 15 is 0 Å². The number of pyridine rings is 4. The normalized spacial score (nSPS) is 13.6. The summed E-state index contributed by atoms with van der Waals surface area (Å²) >= 11 is 0. The standard InChI is InChI=1S/C78H54N4/c1-77(2)69-43-51(25-29-65(69)67-31-27-53(45-71(67)77)55-37-57(61-21-5-13-47-17-9-33-79-73(47)61)41-58(38-55)62-22-6-14-48-18-10-34-80-74(48)62)52-26-30-66-68-32-28-54(46-72(68)78(3,4)70(66)44-52)56-39-59(63-23-7-15-49-19-11-35-81-75(49)63)42-60(40-56)64-24-8-16-50-20-12-36-82-76(50)64/h5-46H,1-4H3. The van der Waals surface area contributed by atoms with Gasteiger partial charge in [-0.3, -0.25) is 19.9 Å². The van der Waals surface area contributed by atoms with E-state index in [9.17, 15) is 0 Å². The minimum atomic E-state index is -0.246. The van der Waals surface area contributed by atoms with Gasteiger partial charge in [0.1, 0.15) is 0 Å². The first-order valence-electron chi connectivity index (χ1n) is 28.4. The fraction of sp³-hybridized carbons (Fsp3) is 0.0769. The van der Waals surface area contributed by atoms with Crippen molar-refractivity contribution in [3.63, 3.8) is 0 Å². The van der Waals surface area contributed by atoms with Crippen molar-refractivity contribution in [1.82, 2.24) is 19.9 Å². The predicted octanol–water partition coefficient (Wildman–Crippen LogP) is 20.2. The van der Waals surface area contributed by atoms with E-state index in [0.717, 1.165) is 99.2 Å². The molecule has 0 saturated heterocycles. The van der Waals surface area contributed by atoms with Gasteiger partial charge in [0.2, 0.25) is 0 Å². The van der Waals surface area contributed by atoms with Crippen LogP contribution in [-0.4, -0.2) is 19.9 Å². The zero-order valence-corrected chi connectivity index (χ0v) is 46.0. The number of hydrogen-bond acceptors (Lipinski definition) is 4. The smallest absolute Gasteiger partial charge is 0.0780 e. The molecule has 10 aromatic carbocycles. The summed E-state index contributed by atoms with van der Waals surface area (Å²) in [4.78, 5) is 19.6. The van der Waals surface area contributed by atoms with Gasteiger partial charge in [0, 0.05) is 79.4 Å². The van der Waals surface area contributed by atoms with Crippen molar-refractivity contribution >= 4 is 43.6 Å². The maximum Gasteiger partial charge on any atom is 0.0780 e. The fourth-order valence-electron chi connectivity index (χ4n) is 13.8. The maximum atomic E-state index is 4.90. The highest BCUT2D eigenvalue weighted by Crippen LogP contribution is 2.54. The summed E-state index contributed by atoms with van der Waals surface area (Å²) < 4.78 is 0. The van der Waals surface area contributed by atoms with E-state index in [1.54, 1.807) is 0 Å². The minimum absolute atomic E-state index is 0.246. The number of hydrogen-bond donors (Lipinski definition) is 0. The molecule has 0 amide bonds. The Balaban J connectivity index is 0.753. The zero-order valence-electron chi connectivity index (χ0n) is 46.0. The van der Waals surface area contributed by atoms with Crippen LogP contribution in [0.4, 0.5) is 0 Å². The van der Waals surface area contributed by atoms with Crippen molar-refractivity contribution in [1.29, 1.82) is 0 Å². The van der Waals surface area contributed by atoms with Crippen LogP contribution in [0.2, 0.25) is 0 Å². The lowest BCUT2D eigenvalue weighted by Crippen LogP contribution is -2.15. The molecule has 0 aliphatic heterocycles. The van der Waals surface area contributed by atoms with E-state index in [0.29, 0.717) is 0 Å². The van der Waals surface area contributed by atoms with Gasteiger partial charge in [-0.1, -0.05) is 173 Å². The highest BCUT2D eigenvalue weighted by atomic mass is 14.7. The zero-order chi connectivity index (χ0) is 54.8. The van der Waals surface area contributed by atoms with Crippen molar-refractivity contribution in [3.8, 4) is 100 Å². The van der Waals surface area contributed by atoms with Gasteiger partial charge in [-0.15, -0.1) is 0 Å². The van der Waals surface area contributed by atoms with Gasteiger partial charge < -0.3 is 0 Å². The molecule has 4 heteroatoms. The number of benzene rings is 10. The van der Waals surface area contributed by atoms with Crippen LogP contribution in [0.15, 0.2) is 255 Å². The molecule has 0 N–H and O–H groups in total. The average Bonchev–Trinajstić information content (AvgIpc) is 4.16. The lowest BCUT2D eigenvalue weighted by atomic mass is 9.79. The quantitative estimate of drug-likeness (QED) is 0.160. The van der Waals surface area contributed by atoms with E-state index in [1.165, 1.54) is 66.8 Å². The third-order valence-corrected chi connectivity index (χ3v) is 18.0. The van der Waals surface area contributed by atoms with Crippen molar-refractivity contribution in [3.05, 3.63) is 278 Å². The highest BCUT2D eigenvalue weighted by molar-refractivity contribution is 6.02. The Morgan fingerprint density at radius 2 is 0.439 bits per heavy atom. The Labute approximate surface area is 477 Å². The minimum Gasteiger partial charge on any atom is -0.256 e. The van der Waals surface area contributed by atoms with E-state index in [-0.39, 0.29) is 10.8 Å². The monoisotopic (exact) mass is 1050 g/mol. The molecular weight excluding hydrogens is 993 g/mol. The summed E-state index contributed by atoms with van der Waals surface area (Å²) in [5.41, 5.74) is 30.2. The third-order valence-electron chi connectivity index (χ3n) is 18.0. The van der Waals surface area contributed by atoms with Crippen molar-refractivity contribution in [2.45, 2.75) is 38.5 Å². The molecule has 0 saturated carbocycles. The Bertz CT molecular complexity index is 4470. The number of rotatable bonds is 7. The van der Waals surface area contributed by atoms with Crippen molar-refractivity contribution < 1.29 is 0 Å². The van der Waals surface area contributed by atoms with Crippen LogP contribution in [0.5, 0.6) is 0 Å². The summed E-state index contributed by atoms with van der Waals surface area (Å²) in [6.45, 7) is 9.58. The first-order valence-corrected chi connectivity index (χ1v) is 28.4. The second-order valence-corrected chi connectivity index (χ2v) is 23.4. The first-order chi connectivity index (χ1) is 40.1. The van der Waals surface area contributed by atoms with Gasteiger partial charge in [-0.2, -0.15) is 0 Å². The van der Waals surface area contributed by atoms with E-state index < -0.39 is 0 Å². The largest absolute Gasteiger partial charge is 0.256 e. The van der Waals surface area contributed by atoms with Crippen LogP contribution in [0, 0.1) is 0 Å². The van der Waals surface area contributed by atoms with Gasteiger partial charge >= 0.3 is 0 Å². The Morgan fingerprint density at radius 1 is 0.207 bits per heavy atom. The van der Waals surface area contributed by atoms with E-state index in [2.05, 4.69) is 234 Å². The first kappa shape index (κ1) is 47.8. The number of aromatic nitrogens is 4. The van der Waals surface area contributed by atoms with Gasteiger partial charge in [0.15, 0.2) is 0 Å². The molecule has 4 heterocycles. The topological polar surface area (TPSA) is 51.6 Å². The molecule has 2 aliphatic rings. The number of nitrogens with zero attached hydrogens (tertiary/aromatic N) is 4. The second-order valence-electron chi connectivity index (χ2n) is 23.4. The van der Waals surface area contributed by atoms with Crippen LogP contribution < -0.4 is 0 Å². The molecule has 0 fully saturated rings. The van der Waals surface area contributed by atoms with Gasteiger partial charge in [0.05, 0.1) is 22.1 Å². The molecule has 0 radical (unpaired) electrons. The molecule has 82 heavy (non-hydrogen) atoms. The van der Waals surface area contributed by atoms with Crippen LogP contribution >= 0.6 is 0 Å². The second kappa shape index (κ2) is 18.2. The summed E-state index contributed by atoms with van der Waals surface area (Å²) in [6, 6.07) is 85.1. The number of para-hydroxylation sites is 4. The van der Waals surface area contributed by atoms with Crippen molar-refractivity contribution in [2.75, 3.05) is 0 Å². The molecule has 16 rings (SSSR count). The third kappa shape index (κ3) is 7.52. The van der Waals surface area contributed by atoms with Crippen LogP contribution in [0.1, 0.15) is 49.9 Å². The van der Waals surface area contributed by atoms with Crippen molar-refractivity contribution in [2.24, 2.45) is 0 Å². The summed E-state index contributed by atoms with van der Waals surface area (Å²) in [5.74, 6) is 0. The molecule has 4 aromatic heterocycles. The van der Waals surface area contributed by atoms with E-state index in [4.69, 9.17) is 19.9 Å². The summed E-state index contributed by atoms with van der Waals surface area (Å²) in [7, 11) is 0. The molecule has 14 aromatic rings. The molecular formula is C78H54N4. The Hall–Kier alpha value is -10.2. The summed E-state index contributed by atoms with van der Waals surface area (Å²) in [5, 5.41) is 4.49. The van der Waals surface area contributed by atoms with Gasteiger partial charge in [0.25, 0.3) is 0 Å². The molecule has 0 unspecified atom stereocenters.